The predicted molar refractivity (Wildman–Crippen MR) is 181 cm³/mol. The molecule has 8 rings (SSSR count). The molecule has 4 aromatic rings. The zero-order chi connectivity index (χ0) is 33.2. The van der Waals surface area contributed by atoms with E-state index in [1.54, 1.807) is 0 Å². The largest absolute Gasteiger partial charge is 0.507 e. The second-order valence-electron chi connectivity index (χ2n) is 13.5. The molecule has 4 aliphatic rings. The van der Waals surface area contributed by atoms with Gasteiger partial charge in [0.25, 0.3) is 0 Å². The molecule has 0 radical (unpaired) electrons. The Bertz CT molecular complexity index is 2030. The maximum atomic E-state index is 15.1. The van der Waals surface area contributed by atoms with Crippen LogP contribution in [0.15, 0.2) is 127 Å². The van der Waals surface area contributed by atoms with Gasteiger partial charge in [0.05, 0.1) is 23.8 Å². The Balaban J connectivity index is 1.35. The highest BCUT2D eigenvalue weighted by Crippen LogP contribution is 2.64. The number of Topliss-reactive ketones (excluding diaryl/α,β-unsaturated/α-hetero) is 1. The quantitative estimate of drug-likeness (QED) is 0.195. The van der Waals surface area contributed by atoms with Crippen LogP contribution in [-0.4, -0.2) is 33.4 Å². The summed E-state index contributed by atoms with van der Waals surface area (Å²) in [6.07, 6.45) is 4.11. The molecule has 0 aromatic heterocycles. The van der Waals surface area contributed by atoms with Gasteiger partial charge in [0.1, 0.15) is 5.75 Å². The lowest BCUT2D eigenvalue weighted by atomic mass is 9.44. The lowest BCUT2D eigenvalue weighted by Gasteiger charge is -2.55. The average molecular weight is 634 g/mol. The Kier molecular flexibility index (Phi) is 7.13. The zero-order valence-electron chi connectivity index (χ0n) is 26.6. The van der Waals surface area contributed by atoms with Crippen molar-refractivity contribution in [2.24, 2.45) is 23.7 Å². The topological polar surface area (TPSA) is 91.8 Å². The van der Waals surface area contributed by atoms with Gasteiger partial charge < -0.3 is 5.11 Å². The molecule has 2 fully saturated rings. The molecule has 1 N–H and O–H groups in total. The van der Waals surface area contributed by atoms with Crippen LogP contribution < -0.4 is 0 Å². The number of hydrogen-bond acceptors (Lipinski definition) is 5. The molecular formula is C42H35NO5. The number of nitrogens with zero attached hydrogens (tertiary/aromatic N) is 1. The van der Waals surface area contributed by atoms with E-state index in [0.717, 1.165) is 11.1 Å². The number of phenolic OH excluding ortho intramolecular Hbond substituents is 1. The van der Waals surface area contributed by atoms with Crippen LogP contribution in [0.2, 0.25) is 0 Å². The smallest absolute Gasteiger partial charge is 0.234 e. The molecule has 238 valence electrons. The van der Waals surface area contributed by atoms with Gasteiger partial charge in [-0.1, -0.05) is 121 Å². The van der Waals surface area contributed by atoms with Gasteiger partial charge >= 0.3 is 0 Å². The minimum Gasteiger partial charge on any atom is -0.507 e. The lowest BCUT2D eigenvalue weighted by molar-refractivity contribution is -0.141. The Morgan fingerprint density at radius 2 is 1.44 bits per heavy atom. The molecular weight excluding hydrogens is 598 g/mol. The molecule has 0 bridgehead atoms. The van der Waals surface area contributed by atoms with Crippen molar-refractivity contribution in [2.45, 2.75) is 37.6 Å². The molecule has 6 nitrogen and oxygen atoms in total. The molecule has 1 heterocycles. The van der Waals surface area contributed by atoms with Crippen molar-refractivity contribution >= 4 is 29.0 Å². The second-order valence-corrected chi connectivity index (χ2v) is 13.5. The highest BCUT2D eigenvalue weighted by atomic mass is 16.3. The van der Waals surface area contributed by atoms with Crippen molar-refractivity contribution in [1.82, 2.24) is 4.90 Å². The molecule has 1 aliphatic heterocycles. The number of imide groups is 1. The van der Waals surface area contributed by atoms with Crippen molar-refractivity contribution in [3.63, 3.8) is 0 Å². The van der Waals surface area contributed by atoms with Gasteiger partial charge in [0, 0.05) is 23.0 Å². The number of benzene rings is 4. The number of carbonyl (C=O) groups is 4. The Labute approximate surface area is 279 Å². The van der Waals surface area contributed by atoms with E-state index in [4.69, 9.17) is 0 Å². The summed E-state index contributed by atoms with van der Waals surface area (Å²) < 4.78 is 0. The van der Waals surface area contributed by atoms with E-state index in [1.165, 1.54) is 11.0 Å². The highest BCUT2D eigenvalue weighted by molar-refractivity contribution is 6.31. The molecule has 3 aliphatic carbocycles. The first-order chi connectivity index (χ1) is 23.3. The van der Waals surface area contributed by atoms with Crippen molar-refractivity contribution in [2.75, 3.05) is 0 Å². The van der Waals surface area contributed by atoms with Crippen LogP contribution in [-0.2, 0) is 31.1 Å². The first-order valence-electron chi connectivity index (χ1n) is 16.6. The summed E-state index contributed by atoms with van der Waals surface area (Å²) >= 11 is 0. The maximum Gasteiger partial charge on any atom is 0.234 e. The lowest BCUT2D eigenvalue weighted by Crippen LogP contribution is -2.58. The van der Waals surface area contributed by atoms with Gasteiger partial charge in [-0.3, -0.25) is 24.1 Å². The number of rotatable bonds is 5. The number of phenols is 1. The monoisotopic (exact) mass is 633 g/mol. The van der Waals surface area contributed by atoms with Crippen molar-refractivity contribution in [1.29, 1.82) is 0 Å². The maximum absolute atomic E-state index is 15.1. The fourth-order valence-corrected chi connectivity index (χ4v) is 9.12. The molecule has 0 spiro atoms. The molecule has 48 heavy (non-hydrogen) atoms. The standard InChI is InChI=1S/C42H35NO5/c1-25-12-11-19-31(38(25)45)37-29-20-21-30-36(41(48)43(40(30)47)24-26-13-5-2-6-14-26)33(29)22-34-39(46)32(27-15-7-3-8-16-27)23-35(44)42(34,37)28-17-9-4-10-18-28/h2-20,23,30,33-34,36-37,45H,21-22,24H2,1H3/t30-,33+,34-,36-,37+,42-/m0/s1. The number of allylic oxidation sites excluding steroid dienone is 4. The zero-order valence-corrected chi connectivity index (χ0v) is 26.6. The molecule has 6 atom stereocenters. The fraction of sp³-hybridized carbons (Fsp3) is 0.238. The van der Waals surface area contributed by atoms with E-state index in [2.05, 4.69) is 0 Å². The fourth-order valence-electron chi connectivity index (χ4n) is 9.12. The Hall–Kier alpha value is -5.36. The van der Waals surface area contributed by atoms with E-state index >= 15 is 4.79 Å². The predicted octanol–water partition coefficient (Wildman–Crippen LogP) is 6.73. The van der Waals surface area contributed by atoms with E-state index in [1.807, 2.05) is 122 Å². The summed E-state index contributed by atoms with van der Waals surface area (Å²) in [6.45, 7) is 2.00. The number of amides is 2. The van der Waals surface area contributed by atoms with Crippen LogP contribution in [0.3, 0.4) is 0 Å². The van der Waals surface area contributed by atoms with E-state index in [0.29, 0.717) is 34.2 Å². The average Bonchev–Trinajstić information content (AvgIpc) is 3.36. The molecule has 2 amide bonds. The van der Waals surface area contributed by atoms with Crippen LogP contribution in [0.5, 0.6) is 5.75 Å². The third-order valence-corrected chi connectivity index (χ3v) is 11.2. The summed E-state index contributed by atoms with van der Waals surface area (Å²) in [7, 11) is 0. The normalized spacial score (nSPS) is 27.9. The number of aromatic hydroxyl groups is 1. The number of ketones is 2. The molecule has 1 saturated heterocycles. The number of aryl methyl sites for hydroxylation is 1. The van der Waals surface area contributed by atoms with Crippen molar-refractivity contribution in [3.8, 4) is 5.75 Å². The van der Waals surface area contributed by atoms with Crippen LogP contribution in [0.25, 0.3) is 5.57 Å². The first kappa shape index (κ1) is 30.0. The molecule has 0 unspecified atom stereocenters. The summed E-state index contributed by atoms with van der Waals surface area (Å²) in [4.78, 5) is 59.7. The molecule has 1 saturated carbocycles. The van der Waals surface area contributed by atoms with Crippen LogP contribution in [0.1, 0.15) is 46.6 Å². The van der Waals surface area contributed by atoms with Gasteiger partial charge in [-0.15, -0.1) is 0 Å². The second kappa shape index (κ2) is 11.4. The summed E-state index contributed by atoms with van der Waals surface area (Å²) in [5, 5.41) is 11.7. The van der Waals surface area contributed by atoms with Crippen LogP contribution in [0.4, 0.5) is 0 Å². The number of para-hydroxylation sites is 1. The van der Waals surface area contributed by atoms with Gasteiger partial charge in [-0.25, -0.2) is 0 Å². The number of hydrogen-bond donors (Lipinski definition) is 1. The molecule has 4 aromatic carbocycles. The Morgan fingerprint density at radius 1 is 0.771 bits per heavy atom. The van der Waals surface area contributed by atoms with Crippen molar-refractivity contribution < 1.29 is 24.3 Å². The van der Waals surface area contributed by atoms with Gasteiger partial charge in [0.2, 0.25) is 11.8 Å². The third kappa shape index (κ3) is 4.32. The first-order valence-corrected chi connectivity index (χ1v) is 16.6. The number of carbonyl (C=O) groups excluding carboxylic acids is 4. The van der Waals surface area contributed by atoms with Gasteiger partial charge in [-0.2, -0.15) is 0 Å². The summed E-state index contributed by atoms with van der Waals surface area (Å²) in [5.41, 5.74) is 3.26. The van der Waals surface area contributed by atoms with Crippen LogP contribution >= 0.6 is 0 Å². The highest BCUT2D eigenvalue weighted by Gasteiger charge is 2.66. The molecule has 6 heteroatoms. The minimum absolute atomic E-state index is 0.0674. The summed E-state index contributed by atoms with van der Waals surface area (Å²) in [5.74, 6) is -4.01. The number of likely N-dealkylation sites (tertiary alicyclic amines) is 1. The van der Waals surface area contributed by atoms with Gasteiger partial charge in [-0.05, 0) is 54.0 Å². The van der Waals surface area contributed by atoms with E-state index in [-0.39, 0.29) is 42.1 Å². The summed E-state index contributed by atoms with van der Waals surface area (Å²) in [6, 6.07) is 33.7. The Morgan fingerprint density at radius 3 is 2.15 bits per heavy atom. The van der Waals surface area contributed by atoms with Crippen molar-refractivity contribution in [3.05, 3.63) is 155 Å². The minimum atomic E-state index is -1.37. The van der Waals surface area contributed by atoms with Gasteiger partial charge in [0.15, 0.2) is 11.6 Å². The number of fused-ring (bicyclic) bond motifs is 4. The van der Waals surface area contributed by atoms with E-state index < -0.39 is 35.0 Å². The van der Waals surface area contributed by atoms with E-state index in [9.17, 15) is 19.5 Å². The van der Waals surface area contributed by atoms with Crippen LogP contribution in [0, 0.1) is 30.6 Å². The SMILES string of the molecule is Cc1cccc([C@H]2C3=CC[C@@H]4C(=O)N(Cc5ccccc5)C(=O)[C@@H]4[C@@H]3C[C@H]3C(=O)C(c4ccccc4)=CC(=O)[C@@]23c2ccccc2)c1O. The third-order valence-electron chi connectivity index (χ3n) is 11.2.